The lowest BCUT2D eigenvalue weighted by Crippen LogP contribution is -2.15. The number of hydrogen-bond donors (Lipinski definition) is 3. The third-order valence-corrected chi connectivity index (χ3v) is 4.80. The van der Waals surface area contributed by atoms with Crippen molar-refractivity contribution in [2.24, 2.45) is 10.7 Å². The summed E-state index contributed by atoms with van der Waals surface area (Å²) in [6.07, 6.45) is 4.66. The van der Waals surface area contributed by atoms with E-state index in [4.69, 9.17) is 11.5 Å². The van der Waals surface area contributed by atoms with Gasteiger partial charge in [-0.2, -0.15) is 0 Å². The first-order valence-electron chi connectivity index (χ1n) is 8.17. The van der Waals surface area contributed by atoms with Gasteiger partial charge in [0.1, 0.15) is 5.69 Å². The van der Waals surface area contributed by atoms with E-state index in [1.54, 1.807) is 49.0 Å². The second kappa shape index (κ2) is 8.29. The number of nitrogens with zero attached hydrogens (tertiary/aromatic N) is 2. The maximum Gasteiger partial charge on any atom is 0.274 e. The highest BCUT2D eigenvalue weighted by atomic mass is 32.1. The molecule has 0 fully saturated rings. The van der Waals surface area contributed by atoms with Crippen molar-refractivity contribution in [1.82, 2.24) is 4.98 Å². The van der Waals surface area contributed by atoms with Crippen molar-refractivity contribution in [1.29, 1.82) is 0 Å². The van der Waals surface area contributed by atoms with E-state index in [1.165, 1.54) is 6.20 Å². The van der Waals surface area contributed by atoms with Crippen LogP contribution in [0, 0.1) is 0 Å². The van der Waals surface area contributed by atoms with E-state index in [-0.39, 0.29) is 11.6 Å². The summed E-state index contributed by atoms with van der Waals surface area (Å²) < 4.78 is 0. The smallest absolute Gasteiger partial charge is 0.274 e. The average molecular weight is 377 g/mol. The van der Waals surface area contributed by atoms with Gasteiger partial charge in [-0.1, -0.05) is 18.2 Å². The molecule has 27 heavy (non-hydrogen) atoms. The molecule has 7 heteroatoms. The van der Waals surface area contributed by atoms with E-state index in [9.17, 15) is 4.79 Å². The lowest BCUT2D eigenvalue weighted by molar-refractivity contribution is 0.102. The Hall–Kier alpha value is -3.45. The molecule has 6 nitrogen and oxygen atoms in total. The van der Waals surface area contributed by atoms with E-state index in [2.05, 4.69) is 15.3 Å². The minimum atomic E-state index is -0.334. The molecule has 2 heterocycles. The molecule has 0 saturated heterocycles. The Morgan fingerprint density at radius 3 is 2.74 bits per heavy atom. The van der Waals surface area contributed by atoms with Crippen LogP contribution in [0.5, 0.6) is 0 Å². The molecule has 0 radical (unpaired) electrons. The van der Waals surface area contributed by atoms with Gasteiger partial charge in [-0.15, -0.1) is 11.3 Å². The lowest BCUT2D eigenvalue weighted by atomic mass is 10.1. The fourth-order valence-corrected chi connectivity index (χ4v) is 3.22. The molecule has 5 N–H and O–H groups in total. The molecular formula is C20H19N5OS. The molecule has 0 saturated carbocycles. The Labute approximate surface area is 161 Å². The number of carbonyl (C=O) groups is 1. The fraction of sp³-hybridized carbons (Fsp3) is 0.0500. The number of allylic oxidation sites excluding steroid dienone is 1. The summed E-state index contributed by atoms with van der Waals surface area (Å²) >= 11 is 1.62. The molecule has 3 rings (SSSR count). The highest BCUT2D eigenvalue weighted by Crippen LogP contribution is 2.30. The number of carbonyl (C=O) groups excluding carboxylic acids is 1. The second-order valence-corrected chi connectivity index (χ2v) is 6.62. The number of anilines is 2. The number of nitrogens with two attached hydrogens (primary N) is 2. The van der Waals surface area contributed by atoms with Crippen molar-refractivity contribution in [3.8, 4) is 10.4 Å². The van der Waals surface area contributed by atoms with Crippen LogP contribution in [0.4, 0.5) is 11.4 Å². The van der Waals surface area contributed by atoms with Crippen molar-refractivity contribution in [3.63, 3.8) is 0 Å². The number of rotatable bonds is 5. The van der Waals surface area contributed by atoms with E-state index < -0.39 is 0 Å². The van der Waals surface area contributed by atoms with Gasteiger partial charge in [0.2, 0.25) is 0 Å². The minimum Gasteiger partial charge on any atom is -0.404 e. The first kappa shape index (κ1) is 18.3. The second-order valence-electron chi connectivity index (χ2n) is 5.67. The molecular weight excluding hydrogens is 358 g/mol. The number of amides is 1. The zero-order chi connectivity index (χ0) is 19.2. The highest BCUT2D eigenvalue weighted by molar-refractivity contribution is 7.13. The lowest BCUT2D eigenvalue weighted by Gasteiger charge is -2.10. The van der Waals surface area contributed by atoms with Crippen LogP contribution in [0.2, 0.25) is 0 Å². The third kappa shape index (κ3) is 4.21. The quantitative estimate of drug-likeness (QED) is 0.466. The van der Waals surface area contributed by atoms with E-state index in [0.717, 1.165) is 21.6 Å². The van der Waals surface area contributed by atoms with Crippen LogP contribution in [0.15, 0.2) is 65.2 Å². The number of benzene rings is 1. The summed E-state index contributed by atoms with van der Waals surface area (Å²) in [5.74, 6) is -0.334. The highest BCUT2D eigenvalue weighted by Gasteiger charge is 2.11. The summed E-state index contributed by atoms with van der Waals surface area (Å²) in [5.41, 5.74) is 15.4. The van der Waals surface area contributed by atoms with Crippen molar-refractivity contribution < 1.29 is 4.79 Å². The summed E-state index contributed by atoms with van der Waals surface area (Å²) in [7, 11) is 1.66. The Morgan fingerprint density at radius 2 is 2.11 bits per heavy atom. The maximum atomic E-state index is 12.5. The molecule has 2 aromatic heterocycles. The molecule has 0 aliphatic carbocycles. The first-order valence-corrected chi connectivity index (χ1v) is 9.05. The largest absolute Gasteiger partial charge is 0.404 e. The van der Waals surface area contributed by atoms with Gasteiger partial charge < -0.3 is 16.8 Å². The summed E-state index contributed by atoms with van der Waals surface area (Å²) in [6.45, 7) is 0. The van der Waals surface area contributed by atoms with Crippen LogP contribution in [0.25, 0.3) is 16.0 Å². The fourth-order valence-electron chi connectivity index (χ4n) is 2.50. The number of aromatic nitrogens is 1. The zero-order valence-electron chi connectivity index (χ0n) is 14.7. The standard InChI is InChI=1S/C20H19N5OS/c1-23-11-15(10-21)14-5-7-17(24-12-14)20(26)25-18-9-13(4-6-16(18)22)19-3-2-8-27-19/h2-12H,21-22H2,1H3,(H,25,26)/b15-10+,23-11?. The van der Waals surface area contributed by atoms with Gasteiger partial charge in [-0.3, -0.25) is 14.8 Å². The van der Waals surface area contributed by atoms with Crippen molar-refractivity contribution in [2.75, 3.05) is 18.1 Å². The van der Waals surface area contributed by atoms with E-state index >= 15 is 0 Å². The van der Waals surface area contributed by atoms with Crippen LogP contribution in [0.3, 0.4) is 0 Å². The van der Waals surface area contributed by atoms with Crippen LogP contribution in [-0.4, -0.2) is 24.2 Å². The molecule has 3 aromatic rings. The van der Waals surface area contributed by atoms with Crippen LogP contribution >= 0.6 is 11.3 Å². The molecule has 0 aliphatic rings. The van der Waals surface area contributed by atoms with Gasteiger partial charge in [0.05, 0.1) is 11.4 Å². The molecule has 0 aliphatic heterocycles. The summed E-state index contributed by atoms with van der Waals surface area (Å²) in [4.78, 5) is 21.8. The first-order chi connectivity index (χ1) is 13.1. The number of pyridine rings is 1. The van der Waals surface area contributed by atoms with Crippen LogP contribution in [0.1, 0.15) is 16.1 Å². The Kier molecular flexibility index (Phi) is 5.63. The number of nitrogen functional groups attached to an aromatic ring is 1. The van der Waals surface area contributed by atoms with Crippen molar-refractivity contribution in [2.45, 2.75) is 0 Å². The SMILES string of the molecule is CN=C/C(=C\N)c1ccc(C(=O)Nc2cc(-c3cccs3)ccc2N)nc1. The predicted octanol–water partition coefficient (Wildman–Crippen LogP) is 3.64. The predicted molar refractivity (Wildman–Crippen MR) is 113 cm³/mol. The van der Waals surface area contributed by atoms with Gasteiger partial charge in [0.15, 0.2) is 0 Å². The Bertz CT molecular complexity index is 992. The number of nitrogens with one attached hydrogen (secondary N) is 1. The van der Waals surface area contributed by atoms with Crippen LogP contribution < -0.4 is 16.8 Å². The monoisotopic (exact) mass is 377 g/mol. The topological polar surface area (TPSA) is 106 Å². The molecule has 0 unspecified atom stereocenters. The van der Waals surface area contributed by atoms with Crippen molar-refractivity contribution in [3.05, 3.63) is 71.5 Å². The van der Waals surface area contributed by atoms with Crippen molar-refractivity contribution >= 4 is 40.4 Å². The van der Waals surface area contributed by atoms with E-state index in [1.807, 2.05) is 29.6 Å². The Morgan fingerprint density at radius 1 is 1.26 bits per heavy atom. The van der Waals surface area contributed by atoms with Gasteiger partial charge >= 0.3 is 0 Å². The maximum absolute atomic E-state index is 12.5. The molecule has 1 amide bonds. The zero-order valence-corrected chi connectivity index (χ0v) is 15.5. The molecule has 1 aromatic carbocycles. The van der Waals surface area contributed by atoms with Gasteiger partial charge in [-0.05, 0) is 35.2 Å². The molecule has 0 spiro atoms. The number of hydrogen-bond acceptors (Lipinski definition) is 6. The van der Waals surface area contributed by atoms with Gasteiger partial charge in [0, 0.05) is 41.7 Å². The third-order valence-electron chi connectivity index (χ3n) is 3.88. The van der Waals surface area contributed by atoms with Crippen LogP contribution in [-0.2, 0) is 0 Å². The molecule has 0 atom stereocenters. The summed E-state index contributed by atoms with van der Waals surface area (Å²) in [5, 5.41) is 4.83. The van der Waals surface area contributed by atoms with Gasteiger partial charge in [0.25, 0.3) is 5.91 Å². The van der Waals surface area contributed by atoms with E-state index in [0.29, 0.717) is 11.4 Å². The number of thiophene rings is 1. The summed E-state index contributed by atoms with van der Waals surface area (Å²) in [6, 6.07) is 13.0. The molecule has 0 bridgehead atoms. The number of aliphatic imine (C=N–C) groups is 1. The minimum absolute atomic E-state index is 0.282. The Balaban J connectivity index is 1.80. The molecule has 136 valence electrons. The average Bonchev–Trinajstić information content (AvgIpc) is 3.23. The van der Waals surface area contributed by atoms with Gasteiger partial charge in [-0.25, -0.2) is 0 Å². The normalized spacial score (nSPS) is 11.7.